The van der Waals surface area contributed by atoms with Crippen LogP contribution >= 0.6 is 7.82 Å². The quantitative estimate of drug-likeness (QED) is 0.0487. The largest absolute Gasteiger partial charge is 0.790 e. The van der Waals surface area contributed by atoms with E-state index in [1.807, 2.05) is 6.92 Å². The van der Waals surface area contributed by atoms with Crippen molar-refractivity contribution >= 4 is 7.82 Å². The van der Waals surface area contributed by atoms with Gasteiger partial charge in [-0.3, -0.25) is 0 Å². The van der Waals surface area contributed by atoms with Gasteiger partial charge in [0, 0.05) is 0 Å². The molecule has 0 saturated heterocycles. The van der Waals surface area contributed by atoms with Crippen LogP contribution in [0.5, 0.6) is 0 Å². The SMILES string of the molecule is CCCCOP(=O)([O-])[O-].CCCC[N+](CCCC)(CCCC)CCCC.CCCC[N+](CCCC)(CCCC)CCCC. The molecule has 0 amide bonds. The molecule has 0 heterocycles. The van der Waals surface area contributed by atoms with E-state index < -0.39 is 7.82 Å². The standard InChI is InChI=1S/2C16H36N.C4H11O4P/c2*1-5-9-13-17(14-10-6-2,15-11-7-3)16-12-8-4;1-2-3-4-8-9(5,6)7/h2*5-16H2,1-4H3;2-4H2,1H3,(H2,5,6,7)/q2*+1;/p-2. The third kappa shape index (κ3) is 31.8. The highest BCUT2D eigenvalue weighted by atomic mass is 31.2. The molecule has 0 atom stereocenters. The summed E-state index contributed by atoms with van der Waals surface area (Å²) in [6.45, 7) is 31.9. The Hall–Kier alpha value is 0.0300. The second-order valence-electron chi connectivity index (χ2n) is 12.9. The van der Waals surface area contributed by atoms with E-state index in [0.29, 0.717) is 6.42 Å². The molecule has 0 aliphatic rings. The molecule has 0 spiro atoms. The maximum absolute atomic E-state index is 9.76. The van der Waals surface area contributed by atoms with E-state index in [1.165, 1.54) is 164 Å². The van der Waals surface area contributed by atoms with Gasteiger partial charge in [-0.2, -0.15) is 0 Å². The van der Waals surface area contributed by atoms with Gasteiger partial charge in [-0.15, -0.1) is 0 Å². The summed E-state index contributed by atoms with van der Waals surface area (Å²) in [5.41, 5.74) is 0. The molecule has 0 saturated carbocycles. The van der Waals surface area contributed by atoms with Crippen LogP contribution in [0.2, 0.25) is 0 Å². The van der Waals surface area contributed by atoms with Gasteiger partial charge in [-0.1, -0.05) is 120 Å². The minimum Gasteiger partial charge on any atom is -0.790 e. The van der Waals surface area contributed by atoms with E-state index in [-0.39, 0.29) is 6.61 Å². The van der Waals surface area contributed by atoms with Gasteiger partial charge < -0.3 is 27.8 Å². The number of rotatable bonds is 28. The van der Waals surface area contributed by atoms with Crippen molar-refractivity contribution in [2.24, 2.45) is 0 Å². The molecule has 6 nitrogen and oxygen atoms in total. The monoisotopic (exact) mass is 637 g/mol. The molecule has 0 bridgehead atoms. The van der Waals surface area contributed by atoms with E-state index in [1.54, 1.807) is 0 Å². The fourth-order valence-electron chi connectivity index (χ4n) is 5.61. The normalized spacial score (nSPS) is 12.0. The molecular formula is C36H81N2O4P. The maximum Gasteiger partial charge on any atom is 0.0786 e. The highest BCUT2D eigenvalue weighted by Gasteiger charge is 2.25. The molecule has 264 valence electrons. The summed E-state index contributed by atoms with van der Waals surface area (Å²) in [5, 5.41) is 0. The van der Waals surface area contributed by atoms with Crippen LogP contribution in [0.4, 0.5) is 0 Å². The highest BCUT2D eigenvalue weighted by molar-refractivity contribution is 7.43. The van der Waals surface area contributed by atoms with Gasteiger partial charge in [-0.25, -0.2) is 0 Å². The molecule has 0 aromatic heterocycles. The number of unbranched alkanes of at least 4 members (excludes halogenated alkanes) is 9. The minimum absolute atomic E-state index is 0.0147. The van der Waals surface area contributed by atoms with Crippen molar-refractivity contribution in [1.29, 1.82) is 0 Å². The predicted octanol–water partition coefficient (Wildman–Crippen LogP) is 9.64. The van der Waals surface area contributed by atoms with Crippen LogP contribution in [-0.2, 0) is 9.09 Å². The Balaban J connectivity index is -0.000000586. The van der Waals surface area contributed by atoms with Crippen molar-refractivity contribution in [2.45, 2.75) is 178 Å². The minimum atomic E-state index is -4.70. The van der Waals surface area contributed by atoms with Crippen molar-refractivity contribution in [3.8, 4) is 0 Å². The molecule has 0 unspecified atom stereocenters. The molecule has 0 N–H and O–H groups in total. The lowest BCUT2D eigenvalue weighted by atomic mass is 10.1. The number of nitrogens with zero attached hydrogens (tertiary/aromatic N) is 2. The van der Waals surface area contributed by atoms with Crippen LogP contribution in [0, 0.1) is 0 Å². The molecule has 7 heteroatoms. The molecule has 0 radical (unpaired) electrons. The molecule has 0 aliphatic heterocycles. The molecule has 43 heavy (non-hydrogen) atoms. The summed E-state index contributed by atoms with van der Waals surface area (Å²) >= 11 is 0. The second-order valence-corrected chi connectivity index (χ2v) is 14.1. The van der Waals surface area contributed by atoms with E-state index in [4.69, 9.17) is 0 Å². The van der Waals surface area contributed by atoms with Crippen molar-refractivity contribution in [3.05, 3.63) is 0 Å². The number of hydrogen-bond donors (Lipinski definition) is 0. The molecule has 0 aliphatic carbocycles. The third-order valence-electron chi connectivity index (χ3n) is 8.64. The zero-order valence-electron chi connectivity index (χ0n) is 31.1. The smallest absolute Gasteiger partial charge is 0.0786 e. The summed E-state index contributed by atoms with van der Waals surface area (Å²) < 4.78 is 16.5. The maximum atomic E-state index is 9.76. The van der Waals surface area contributed by atoms with Crippen LogP contribution < -0.4 is 9.79 Å². The van der Waals surface area contributed by atoms with Gasteiger partial charge in [0.15, 0.2) is 0 Å². The Kier molecular flexibility index (Phi) is 36.8. The Labute approximate surface area is 272 Å². The van der Waals surface area contributed by atoms with Crippen molar-refractivity contribution < 1.29 is 27.8 Å². The first-order chi connectivity index (χ1) is 20.5. The average Bonchev–Trinajstić information content (AvgIpc) is 3.00. The first kappa shape index (κ1) is 47.4. The van der Waals surface area contributed by atoms with E-state index in [0.717, 1.165) is 6.42 Å². The van der Waals surface area contributed by atoms with E-state index >= 15 is 0 Å². The topological polar surface area (TPSA) is 72.4 Å². The van der Waals surface area contributed by atoms with Gasteiger partial charge >= 0.3 is 0 Å². The summed E-state index contributed by atoms with van der Waals surface area (Å²) in [5.74, 6) is 0. The van der Waals surface area contributed by atoms with Gasteiger partial charge in [0.1, 0.15) is 0 Å². The lowest BCUT2D eigenvalue weighted by Gasteiger charge is -2.39. The molecule has 0 fully saturated rings. The number of phosphoric acid groups is 1. The lowest BCUT2D eigenvalue weighted by molar-refractivity contribution is -0.929. The summed E-state index contributed by atoms with van der Waals surface area (Å²) in [7, 11) is -4.70. The van der Waals surface area contributed by atoms with Crippen molar-refractivity contribution in [3.63, 3.8) is 0 Å². The summed E-state index contributed by atoms with van der Waals surface area (Å²) in [6.07, 6.45) is 23.5. The average molecular weight is 637 g/mol. The molecular weight excluding hydrogens is 555 g/mol. The van der Waals surface area contributed by atoms with Crippen LogP contribution in [0.25, 0.3) is 0 Å². The Morgan fingerprint density at radius 1 is 0.395 bits per heavy atom. The van der Waals surface area contributed by atoms with Crippen molar-refractivity contribution in [2.75, 3.05) is 59.0 Å². The molecule has 0 rings (SSSR count). The van der Waals surface area contributed by atoms with Gasteiger partial charge in [0.05, 0.1) is 66.8 Å². The van der Waals surface area contributed by atoms with Gasteiger partial charge in [0.25, 0.3) is 0 Å². The Bertz CT molecular complexity index is 475. The van der Waals surface area contributed by atoms with Crippen LogP contribution in [0.3, 0.4) is 0 Å². The van der Waals surface area contributed by atoms with Crippen molar-refractivity contribution in [1.82, 2.24) is 0 Å². The number of phosphoric ester groups is 1. The Morgan fingerprint density at radius 2 is 0.581 bits per heavy atom. The van der Waals surface area contributed by atoms with Gasteiger partial charge in [0.2, 0.25) is 0 Å². The fourth-order valence-corrected chi connectivity index (χ4v) is 5.96. The van der Waals surface area contributed by atoms with Crippen LogP contribution in [0.1, 0.15) is 178 Å². The van der Waals surface area contributed by atoms with Gasteiger partial charge in [-0.05, 0) is 57.8 Å². The summed E-state index contributed by atoms with van der Waals surface area (Å²) in [4.78, 5) is 19.5. The van der Waals surface area contributed by atoms with Crippen LogP contribution in [0.15, 0.2) is 0 Å². The Morgan fingerprint density at radius 3 is 0.721 bits per heavy atom. The highest BCUT2D eigenvalue weighted by Crippen LogP contribution is 2.24. The number of quaternary nitrogens is 2. The van der Waals surface area contributed by atoms with E-state index in [2.05, 4.69) is 59.9 Å². The third-order valence-corrected chi connectivity index (χ3v) is 9.13. The predicted molar refractivity (Wildman–Crippen MR) is 187 cm³/mol. The summed E-state index contributed by atoms with van der Waals surface area (Å²) in [6, 6.07) is 0. The fraction of sp³-hybridized carbons (Fsp3) is 1.00. The molecule has 0 aromatic rings. The zero-order chi connectivity index (χ0) is 33.3. The van der Waals surface area contributed by atoms with Crippen LogP contribution in [-0.4, -0.2) is 67.9 Å². The lowest BCUT2D eigenvalue weighted by Crippen LogP contribution is -2.50. The van der Waals surface area contributed by atoms with E-state index in [9.17, 15) is 14.4 Å². The zero-order valence-corrected chi connectivity index (χ0v) is 32.0. The first-order valence-electron chi connectivity index (χ1n) is 18.9. The molecule has 0 aromatic carbocycles. The number of hydrogen-bond acceptors (Lipinski definition) is 4. The second kappa shape index (κ2) is 33.4. The first-order valence-corrected chi connectivity index (χ1v) is 20.4.